The molecule has 1 atom stereocenters. The molecule has 1 rings (SSSR count). The van der Waals surface area contributed by atoms with Gasteiger partial charge in [-0.2, -0.15) is 0 Å². The summed E-state index contributed by atoms with van der Waals surface area (Å²) >= 11 is 11.4. The number of hydrogen-bond donors (Lipinski definition) is 0. The second kappa shape index (κ2) is 12.7. The van der Waals surface area contributed by atoms with Crippen LogP contribution in [0.2, 0.25) is 0 Å². The molecule has 1 fully saturated rings. The van der Waals surface area contributed by atoms with Gasteiger partial charge in [-0.3, -0.25) is 4.79 Å². The minimum absolute atomic E-state index is 0.325. The molecule has 0 amide bonds. The van der Waals surface area contributed by atoms with Crippen molar-refractivity contribution >= 4 is 29.5 Å². The first-order chi connectivity index (χ1) is 10.2. The van der Waals surface area contributed by atoms with Gasteiger partial charge in [0.2, 0.25) is 6.29 Å². The molecule has 0 bridgehead atoms. The van der Waals surface area contributed by atoms with Crippen LogP contribution in [-0.4, -0.2) is 23.8 Å². The van der Waals surface area contributed by atoms with E-state index in [-0.39, 0.29) is 5.92 Å². The largest absolute Gasteiger partial charge is 0.378 e. The minimum atomic E-state index is -0.614. The van der Waals surface area contributed by atoms with Crippen molar-refractivity contribution in [3.05, 3.63) is 6.42 Å². The highest BCUT2D eigenvalue weighted by molar-refractivity contribution is 6.45. The number of alkyl halides is 2. The Bertz CT molecular complexity index is 253. The zero-order chi connectivity index (χ0) is 15.3. The van der Waals surface area contributed by atoms with Crippen molar-refractivity contribution in [2.75, 3.05) is 6.61 Å². The third-order valence-corrected chi connectivity index (χ3v) is 4.71. The van der Waals surface area contributed by atoms with E-state index in [1.807, 2.05) is 6.29 Å². The van der Waals surface area contributed by atoms with Crippen LogP contribution in [-0.2, 0) is 9.53 Å². The van der Waals surface area contributed by atoms with Crippen LogP contribution in [0.4, 0.5) is 0 Å². The molecule has 2 radical (unpaired) electrons. The maximum atomic E-state index is 10.6. The van der Waals surface area contributed by atoms with Crippen LogP contribution in [0.25, 0.3) is 0 Å². The van der Waals surface area contributed by atoms with Crippen LogP contribution in [0.1, 0.15) is 70.6 Å². The van der Waals surface area contributed by atoms with E-state index in [1.54, 1.807) is 0 Å². The molecule has 1 aliphatic rings. The highest BCUT2D eigenvalue weighted by Crippen LogP contribution is 2.21. The topological polar surface area (TPSA) is 26.3 Å². The molecule has 1 saturated carbocycles. The van der Waals surface area contributed by atoms with Crippen LogP contribution in [0, 0.1) is 12.3 Å². The minimum Gasteiger partial charge on any atom is -0.378 e. The molecule has 0 aromatic carbocycles. The van der Waals surface area contributed by atoms with Crippen molar-refractivity contribution in [2.45, 2.75) is 81.6 Å². The summed E-state index contributed by atoms with van der Waals surface area (Å²) in [5, 5.41) is 0. The fourth-order valence-electron chi connectivity index (χ4n) is 2.72. The normalized spacial score (nSPS) is 18.0. The number of rotatable bonds is 12. The highest BCUT2D eigenvalue weighted by atomic mass is 35.5. The summed E-state index contributed by atoms with van der Waals surface area (Å²) in [5.41, 5.74) is 0. The summed E-state index contributed by atoms with van der Waals surface area (Å²) in [5.74, 6) is -0.325. The maximum Gasteiger partial charge on any atom is 0.204 e. The molecule has 0 aromatic heterocycles. The number of carbonyl (C=O) groups excluding carboxylic acids is 1. The first kappa shape index (κ1) is 19.3. The average Bonchev–Trinajstić information content (AvgIpc) is 2.50. The summed E-state index contributed by atoms with van der Waals surface area (Å²) in [7, 11) is 0. The van der Waals surface area contributed by atoms with E-state index in [1.165, 1.54) is 44.9 Å². The molecule has 0 spiro atoms. The van der Waals surface area contributed by atoms with Gasteiger partial charge in [-0.05, 0) is 44.9 Å². The van der Waals surface area contributed by atoms with E-state index in [9.17, 15) is 4.79 Å². The standard InChI is InChI=1S/C17H28Cl2O2/c18-17(19)15(14-20)10-6-3-1-2-4-9-13-21-16-11-7-5-8-12-16/h5,15-17H,1-4,6-13H2. The number of ether oxygens (including phenoxy) is 1. The Kier molecular flexibility index (Phi) is 11.7. The van der Waals surface area contributed by atoms with Crippen LogP contribution < -0.4 is 0 Å². The molecule has 1 aliphatic carbocycles. The third kappa shape index (κ3) is 9.76. The zero-order valence-corrected chi connectivity index (χ0v) is 14.4. The summed E-state index contributed by atoms with van der Waals surface area (Å²) in [4.78, 5) is 9.99. The molecule has 0 heterocycles. The van der Waals surface area contributed by atoms with Gasteiger partial charge < -0.3 is 4.74 Å². The Hall–Kier alpha value is 0.210. The van der Waals surface area contributed by atoms with Crippen molar-refractivity contribution in [3.8, 4) is 0 Å². The molecule has 1 unspecified atom stereocenters. The molecular formula is C17H28Cl2O2. The maximum absolute atomic E-state index is 10.6. The smallest absolute Gasteiger partial charge is 0.204 e. The number of hydrogen-bond acceptors (Lipinski definition) is 2. The SMILES string of the molecule is O=[C]C(CCCCCCCCOC1CC[CH]CC1)C(Cl)Cl. The Morgan fingerprint density at radius 2 is 1.67 bits per heavy atom. The van der Waals surface area contributed by atoms with Gasteiger partial charge in [0.1, 0.15) is 4.84 Å². The van der Waals surface area contributed by atoms with E-state index in [4.69, 9.17) is 27.9 Å². The molecule has 21 heavy (non-hydrogen) atoms. The summed E-state index contributed by atoms with van der Waals surface area (Å²) < 4.78 is 5.89. The summed E-state index contributed by atoms with van der Waals surface area (Å²) in [6, 6.07) is 0. The molecule has 0 N–H and O–H groups in total. The number of unbranched alkanes of at least 4 members (excludes halogenated alkanes) is 5. The first-order valence-corrected chi connectivity index (χ1v) is 9.20. The predicted molar refractivity (Wildman–Crippen MR) is 89.5 cm³/mol. The highest BCUT2D eigenvalue weighted by Gasteiger charge is 2.16. The fourth-order valence-corrected chi connectivity index (χ4v) is 3.08. The van der Waals surface area contributed by atoms with Crippen LogP contribution in [0.5, 0.6) is 0 Å². The lowest BCUT2D eigenvalue weighted by Crippen LogP contribution is -2.17. The average molecular weight is 335 g/mol. The second-order valence-electron chi connectivity index (χ2n) is 5.90. The van der Waals surface area contributed by atoms with Crippen LogP contribution in [0.3, 0.4) is 0 Å². The first-order valence-electron chi connectivity index (χ1n) is 8.33. The molecule has 4 heteroatoms. The molecule has 122 valence electrons. The van der Waals surface area contributed by atoms with Crippen molar-refractivity contribution in [1.29, 1.82) is 0 Å². The van der Waals surface area contributed by atoms with Gasteiger partial charge in [0.05, 0.1) is 12.0 Å². The molecule has 0 saturated heterocycles. The Balaban J connectivity index is 1.83. The van der Waals surface area contributed by atoms with E-state index in [0.717, 1.165) is 32.3 Å². The molecule has 2 nitrogen and oxygen atoms in total. The van der Waals surface area contributed by atoms with Gasteiger partial charge in [-0.15, -0.1) is 23.2 Å². The fraction of sp³-hybridized carbons (Fsp3) is 0.882. The van der Waals surface area contributed by atoms with Crippen molar-refractivity contribution < 1.29 is 9.53 Å². The zero-order valence-electron chi connectivity index (χ0n) is 12.9. The lowest BCUT2D eigenvalue weighted by atomic mass is 9.98. The monoisotopic (exact) mass is 334 g/mol. The molecule has 0 aromatic rings. The van der Waals surface area contributed by atoms with Gasteiger partial charge in [0.25, 0.3) is 0 Å². The second-order valence-corrected chi connectivity index (χ2v) is 7.07. The Morgan fingerprint density at radius 1 is 1.05 bits per heavy atom. The van der Waals surface area contributed by atoms with Crippen molar-refractivity contribution in [1.82, 2.24) is 0 Å². The van der Waals surface area contributed by atoms with Crippen molar-refractivity contribution in [3.63, 3.8) is 0 Å². The number of halogens is 2. The Morgan fingerprint density at radius 3 is 2.29 bits per heavy atom. The van der Waals surface area contributed by atoms with E-state index < -0.39 is 4.84 Å². The van der Waals surface area contributed by atoms with Crippen LogP contribution >= 0.6 is 23.2 Å². The van der Waals surface area contributed by atoms with Gasteiger partial charge >= 0.3 is 0 Å². The summed E-state index contributed by atoms with van der Waals surface area (Å²) in [6.45, 7) is 0.910. The van der Waals surface area contributed by atoms with Gasteiger partial charge in [-0.25, -0.2) is 0 Å². The van der Waals surface area contributed by atoms with Gasteiger partial charge in [0.15, 0.2) is 0 Å². The van der Waals surface area contributed by atoms with Crippen molar-refractivity contribution in [2.24, 2.45) is 5.92 Å². The summed E-state index contributed by atoms with van der Waals surface area (Å²) in [6.07, 6.45) is 17.4. The quantitative estimate of drug-likeness (QED) is 0.352. The van der Waals surface area contributed by atoms with Gasteiger partial charge in [-0.1, -0.05) is 32.1 Å². The molecule has 0 aliphatic heterocycles. The van der Waals surface area contributed by atoms with Gasteiger partial charge in [0, 0.05) is 6.61 Å². The molecular weight excluding hydrogens is 307 g/mol. The van der Waals surface area contributed by atoms with E-state index >= 15 is 0 Å². The van der Waals surface area contributed by atoms with E-state index in [0.29, 0.717) is 6.10 Å². The Labute approximate surface area is 139 Å². The lowest BCUT2D eigenvalue weighted by Gasteiger charge is -2.21. The van der Waals surface area contributed by atoms with E-state index in [2.05, 4.69) is 6.42 Å². The third-order valence-electron chi connectivity index (χ3n) is 4.10. The lowest BCUT2D eigenvalue weighted by molar-refractivity contribution is 0.0326. The predicted octanol–water partition coefficient (Wildman–Crippen LogP) is 5.41. The van der Waals surface area contributed by atoms with Crippen LogP contribution in [0.15, 0.2) is 0 Å².